The Bertz CT molecular complexity index is 569. The first kappa shape index (κ1) is 14.0. The van der Waals surface area contributed by atoms with Gasteiger partial charge in [0.2, 0.25) is 0 Å². The van der Waals surface area contributed by atoms with Crippen LogP contribution < -0.4 is 5.32 Å². The number of aromatic nitrogens is 2. The van der Waals surface area contributed by atoms with Crippen molar-refractivity contribution in [1.29, 1.82) is 0 Å². The molecule has 0 spiro atoms. The zero-order valence-electron chi connectivity index (χ0n) is 10.8. The molecule has 0 fully saturated rings. The van der Waals surface area contributed by atoms with Gasteiger partial charge in [-0.15, -0.1) is 10.2 Å². The summed E-state index contributed by atoms with van der Waals surface area (Å²) in [5.74, 6) is -1.16. The first-order chi connectivity index (χ1) is 9.13. The molecule has 102 valence electrons. The van der Waals surface area contributed by atoms with Crippen molar-refractivity contribution in [3.63, 3.8) is 0 Å². The lowest BCUT2D eigenvalue weighted by Gasteiger charge is -2.03. The number of nitrogens with one attached hydrogen (secondary N) is 1. The second kappa shape index (κ2) is 6.16. The van der Waals surface area contributed by atoms with Crippen LogP contribution in [-0.4, -0.2) is 23.3 Å². The van der Waals surface area contributed by atoms with Gasteiger partial charge < -0.3 is 5.32 Å². The molecular formula is C13H15F2N3S. The first-order valence-electron chi connectivity index (χ1n) is 6.11. The van der Waals surface area contributed by atoms with E-state index in [1.807, 2.05) is 6.92 Å². The van der Waals surface area contributed by atoms with Crippen LogP contribution in [0.1, 0.15) is 17.5 Å². The monoisotopic (exact) mass is 283 g/mol. The molecule has 0 aliphatic heterocycles. The molecular weight excluding hydrogens is 268 g/mol. The van der Waals surface area contributed by atoms with Crippen LogP contribution in [0.4, 0.5) is 8.78 Å². The average Bonchev–Trinajstić information content (AvgIpc) is 2.83. The Morgan fingerprint density at radius 2 is 2.05 bits per heavy atom. The lowest BCUT2D eigenvalue weighted by Crippen LogP contribution is -2.15. The Hall–Kier alpha value is -1.40. The van der Waals surface area contributed by atoms with E-state index in [0.717, 1.165) is 18.1 Å². The van der Waals surface area contributed by atoms with Crippen LogP contribution in [0, 0.1) is 18.6 Å². The van der Waals surface area contributed by atoms with Gasteiger partial charge in [0, 0.05) is 13.0 Å². The van der Waals surface area contributed by atoms with Crippen LogP contribution in [0.5, 0.6) is 0 Å². The number of aryl methyl sites for hydroxylation is 1. The van der Waals surface area contributed by atoms with Crippen molar-refractivity contribution >= 4 is 11.3 Å². The maximum Gasteiger partial charge on any atom is 0.153 e. The molecule has 0 atom stereocenters. The van der Waals surface area contributed by atoms with Gasteiger partial charge in [-0.25, -0.2) is 8.78 Å². The van der Waals surface area contributed by atoms with E-state index in [0.29, 0.717) is 17.0 Å². The zero-order chi connectivity index (χ0) is 13.8. The quantitative estimate of drug-likeness (QED) is 0.857. The van der Waals surface area contributed by atoms with Gasteiger partial charge in [-0.1, -0.05) is 24.3 Å². The van der Waals surface area contributed by atoms with Crippen molar-refractivity contribution in [2.75, 3.05) is 13.1 Å². The molecule has 0 unspecified atom stereocenters. The molecule has 0 saturated heterocycles. The summed E-state index contributed by atoms with van der Waals surface area (Å²) >= 11 is 1.23. The minimum Gasteiger partial charge on any atom is -0.317 e. The highest BCUT2D eigenvalue weighted by molar-refractivity contribution is 7.14. The molecule has 0 radical (unpaired) electrons. The Kier molecular flexibility index (Phi) is 4.55. The molecule has 2 rings (SSSR count). The lowest BCUT2D eigenvalue weighted by atomic mass is 10.1. The summed E-state index contributed by atoms with van der Waals surface area (Å²) in [4.78, 5) is 0. The maximum atomic E-state index is 14.0. The zero-order valence-corrected chi connectivity index (χ0v) is 11.7. The molecule has 1 heterocycles. The van der Waals surface area contributed by atoms with Crippen molar-refractivity contribution in [3.05, 3.63) is 34.3 Å². The van der Waals surface area contributed by atoms with Gasteiger partial charge in [0.1, 0.15) is 16.6 Å². The molecule has 0 saturated carbocycles. The van der Waals surface area contributed by atoms with Gasteiger partial charge in [0.05, 0.1) is 5.56 Å². The average molecular weight is 283 g/mol. The summed E-state index contributed by atoms with van der Waals surface area (Å²) in [5, 5.41) is 12.1. The molecule has 0 amide bonds. The standard InChI is InChI=1S/C13H15F2N3S/c1-3-16-7-6-10-17-18-13(19-10)11-9(14)5-4-8(2)12(11)15/h4-5,16H,3,6-7H2,1-2H3. The number of likely N-dealkylation sites (N-methyl/N-ethyl adjacent to an activating group) is 1. The third-order valence-corrected chi connectivity index (χ3v) is 3.73. The van der Waals surface area contributed by atoms with Crippen molar-refractivity contribution in [2.24, 2.45) is 0 Å². The van der Waals surface area contributed by atoms with Crippen LogP contribution in [0.15, 0.2) is 12.1 Å². The second-order valence-corrected chi connectivity index (χ2v) is 5.22. The fourth-order valence-electron chi connectivity index (χ4n) is 1.68. The van der Waals surface area contributed by atoms with E-state index in [-0.39, 0.29) is 5.56 Å². The van der Waals surface area contributed by atoms with E-state index in [9.17, 15) is 8.78 Å². The predicted molar refractivity (Wildman–Crippen MR) is 72.2 cm³/mol. The second-order valence-electron chi connectivity index (χ2n) is 4.16. The third-order valence-electron chi connectivity index (χ3n) is 2.73. The highest BCUT2D eigenvalue weighted by Crippen LogP contribution is 2.30. The molecule has 6 heteroatoms. The van der Waals surface area contributed by atoms with Crippen molar-refractivity contribution < 1.29 is 8.78 Å². The molecule has 1 N–H and O–H groups in total. The van der Waals surface area contributed by atoms with Gasteiger partial charge in [0.25, 0.3) is 0 Å². The molecule has 19 heavy (non-hydrogen) atoms. The van der Waals surface area contributed by atoms with E-state index in [2.05, 4.69) is 15.5 Å². The largest absolute Gasteiger partial charge is 0.317 e. The minimum atomic E-state index is -0.600. The summed E-state index contributed by atoms with van der Waals surface area (Å²) < 4.78 is 27.7. The highest BCUT2D eigenvalue weighted by atomic mass is 32.1. The van der Waals surface area contributed by atoms with Crippen LogP contribution in [0.25, 0.3) is 10.6 Å². The Balaban J connectivity index is 2.25. The predicted octanol–water partition coefficient (Wildman–Crippen LogP) is 2.94. The van der Waals surface area contributed by atoms with Crippen LogP contribution in [-0.2, 0) is 6.42 Å². The van der Waals surface area contributed by atoms with Crippen molar-refractivity contribution in [1.82, 2.24) is 15.5 Å². The smallest absolute Gasteiger partial charge is 0.153 e. The van der Waals surface area contributed by atoms with Gasteiger partial charge >= 0.3 is 0 Å². The molecule has 0 aliphatic rings. The van der Waals surface area contributed by atoms with Gasteiger partial charge in [-0.2, -0.15) is 0 Å². The van der Waals surface area contributed by atoms with E-state index >= 15 is 0 Å². The minimum absolute atomic E-state index is 0.0767. The number of nitrogens with zero attached hydrogens (tertiary/aromatic N) is 2. The van der Waals surface area contributed by atoms with Crippen molar-refractivity contribution in [3.8, 4) is 10.6 Å². The van der Waals surface area contributed by atoms with E-state index < -0.39 is 11.6 Å². The fraction of sp³-hybridized carbons (Fsp3) is 0.385. The summed E-state index contributed by atoms with van der Waals surface area (Å²) in [6.07, 6.45) is 0.709. The number of benzene rings is 1. The maximum absolute atomic E-state index is 14.0. The Morgan fingerprint density at radius 1 is 1.26 bits per heavy atom. The lowest BCUT2D eigenvalue weighted by molar-refractivity contribution is 0.583. The van der Waals surface area contributed by atoms with Crippen LogP contribution in [0.2, 0.25) is 0 Å². The number of rotatable bonds is 5. The SMILES string of the molecule is CCNCCc1nnc(-c2c(F)ccc(C)c2F)s1. The first-order valence-corrected chi connectivity index (χ1v) is 6.93. The van der Waals surface area contributed by atoms with Crippen LogP contribution in [0.3, 0.4) is 0 Å². The molecule has 0 aliphatic carbocycles. The number of hydrogen-bond donors (Lipinski definition) is 1. The topological polar surface area (TPSA) is 37.8 Å². The van der Waals surface area contributed by atoms with Gasteiger partial charge in [0.15, 0.2) is 5.01 Å². The van der Waals surface area contributed by atoms with E-state index in [1.165, 1.54) is 23.5 Å². The Morgan fingerprint density at radius 3 is 2.79 bits per heavy atom. The molecule has 2 aromatic rings. The normalized spacial score (nSPS) is 10.9. The molecule has 3 nitrogen and oxygen atoms in total. The Labute approximate surface area is 114 Å². The molecule has 0 bridgehead atoms. The third kappa shape index (κ3) is 3.13. The molecule has 1 aromatic heterocycles. The van der Waals surface area contributed by atoms with Crippen LogP contribution >= 0.6 is 11.3 Å². The summed E-state index contributed by atoms with van der Waals surface area (Å²) in [6, 6.07) is 2.68. The fourth-order valence-corrected chi connectivity index (χ4v) is 2.56. The number of halogens is 2. The van der Waals surface area contributed by atoms with E-state index in [4.69, 9.17) is 0 Å². The summed E-state index contributed by atoms with van der Waals surface area (Å²) in [5.41, 5.74) is 0.327. The highest BCUT2D eigenvalue weighted by Gasteiger charge is 2.17. The summed E-state index contributed by atoms with van der Waals surface area (Å²) in [7, 11) is 0. The van der Waals surface area contributed by atoms with Crippen molar-refractivity contribution in [2.45, 2.75) is 20.3 Å². The molecule has 1 aromatic carbocycles. The number of hydrogen-bond acceptors (Lipinski definition) is 4. The van der Waals surface area contributed by atoms with Gasteiger partial charge in [-0.3, -0.25) is 0 Å². The summed E-state index contributed by atoms with van der Waals surface area (Å²) in [6.45, 7) is 5.28. The van der Waals surface area contributed by atoms with E-state index in [1.54, 1.807) is 6.92 Å². The van der Waals surface area contributed by atoms with Gasteiger partial charge in [-0.05, 0) is 25.1 Å².